The number of nitrogens with one attached hydrogen (secondary N) is 1. The van der Waals surface area contributed by atoms with E-state index in [9.17, 15) is 4.79 Å². The Morgan fingerprint density at radius 2 is 1.43 bits per heavy atom. The average molecular weight is 415 g/mol. The highest BCUT2D eigenvalue weighted by Gasteiger charge is 2.11. The second-order valence-electron chi connectivity index (χ2n) is 6.21. The summed E-state index contributed by atoms with van der Waals surface area (Å²) in [7, 11) is 0. The van der Waals surface area contributed by atoms with E-state index in [-0.39, 0.29) is 5.91 Å². The quantitative estimate of drug-likeness (QED) is 0.410. The van der Waals surface area contributed by atoms with E-state index in [2.05, 4.69) is 10.5 Å². The molecule has 0 unspecified atom stereocenters. The first-order valence-corrected chi connectivity index (χ1v) is 10.3. The molecule has 0 heterocycles. The third kappa shape index (κ3) is 6.69. The molecule has 2 aromatic carbocycles. The van der Waals surface area contributed by atoms with Gasteiger partial charge in [-0.05, 0) is 69.2 Å². The zero-order valence-electron chi connectivity index (χ0n) is 18.1. The molecule has 0 bridgehead atoms. The van der Waals surface area contributed by atoms with Crippen molar-refractivity contribution in [2.24, 2.45) is 5.10 Å². The largest absolute Gasteiger partial charge is 0.490 e. The van der Waals surface area contributed by atoms with Crippen LogP contribution in [0.1, 0.15) is 50.0 Å². The Kier molecular flexibility index (Phi) is 9.51. The molecule has 7 heteroatoms. The van der Waals surface area contributed by atoms with Gasteiger partial charge in [0.25, 0.3) is 5.91 Å². The Labute approximate surface area is 178 Å². The number of carbonyl (C=O) groups is 1. The average Bonchev–Trinajstić information content (AvgIpc) is 2.75. The van der Waals surface area contributed by atoms with E-state index >= 15 is 0 Å². The van der Waals surface area contributed by atoms with Crippen molar-refractivity contribution in [1.29, 1.82) is 0 Å². The van der Waals surface area contributed by atoms with Crippen molar-refractivity contribution in [3.05, 3.63) is 47.5 Å². The lowest BCUT2D eigenvalue weighted by atomic mass is 10.2. The molecule has 1 N–H and O–H groups in total. The number of hydrazone groups is 1. The number of nitrogens with zero attached hydrogens (tertiary/aromatic N) is 1. The molecule has 0 saturated heterocycles. The first-order valence-electron chi connectivity index (χ1n) is 10.3. The third-order valence-corrected chi connectivity index (χ3v) is 3.91. The fourth-order valence-corrected chi connectivity index (χ4v) is 2.63. The summed E-state index contributed by atoms with van der Waals surface area (Å²) < 4.78 is 22.4. The van der Waals surface area contributed by atoms with Crippen molar-refractivity contribution in [3.8, 4) is 23.0 Å². The predicted octanol–water partition coefficient (Wildman–Crippen LogP) is 4.44. The molecule has 0 aromatic heterocycles. The van der Waals surface area contributed by atoms with E-state index in [0.717, 1.165) is 12.0 Å². The van der Waals surface area contributed by atoms with Gasteiger partial charge in [0.1, 0.15) is 0 Å². The first-order chi connectivity index (χ1) is 14.6. The first kappa shape index (κ1) is 23.1. The summed E-state index contributed by atoms with van der Waals surface area (Å²) in [6, 6.07) is 10.6. The molecule has 0 aliphatic rings. The molecule has 30 heavy (non-hydrogen) atoms. The van der Waals surface area contributed by atoms with Crippen LogP contribution >= 0.6 is 0 Å². The van der Waals surface area contributed by atoms with Crippen LogP contribution in [0, 0.1) is 0 Å². The van der Waals surface area contributed by atoms with Crippen molar-refractivity contribution in [2.45, 2.75) is 34.1 Å². The van der Waals surface area contributed by atoms with E-state index in [4.69, 9.17) is 18.9 Å². The van der Waals surface area contributed by atoms with E-state index in [1.807, 2.05) is 45.9 Å². The zero-order chi connectivity index (χ0) is 21.8. The monoisotopic (exact) mass is 414 g/mol. The maximum absolute atomic E-state index is 12.5. The lowest BCUT2D eigenvalue weighted by Gasteiger charge is -2.12. The van der Waals surface area contributed by atoms with Gasteiger partial charge < -0.3 is 18.9 Å². The smallest absolute Gasteiger partial charge is 0.271 e. The number of amides is 1. The highest BCUT2D eigenvalue weighted by atomic mass is 16.5. The molecule has 2 rings (SSSR count). The van der Waals surface area contributed by atoms with E-state index in [1.54, 1.807) is 24.4 Å². The number of ether oxygens (including phenoxy) is 4. The third-order valence-electron chi connectivity index (χ3n) is 3.91. The zero-order valence-corrected chi connectivity index (χ0v) is 18.1. The molecular weight excluding hydrogens is 384 g/mol. The summed E-state index contributed by atoms with van der Waals surface area (Å²) in [6.45, 7) is 9.88. The number of hydrogen-bond acceptors (Lipinski definition) is 6. The number of hydrogen-bond donors (Lipinski definition) is 1. The minimum absolute atomic E-state index is 0.342. The second-order valence-corrected chi connectivity index (χ2v) is 6.21. The number of benzene rings is 2. The highest BCUT2D eigenvalue weighted by molar-refractivity contribution is 5.95. The summed E-state index contributed by atoms with van der Waals surface area (Å²) in [4.78, 5) is 12.5. The van der Waals surface area contributed by atoms with E-state index in [1.165, 1.54) is 0 Å². The summed E-state index contributed by atoms with van der Waals surface area (Å²) in [5.74, 6) is 2.13. The van der Waals surface area contributed by atoms with Crippen LogP contribution < -0.4 is 24.4 Å². The summed E-state index contributed by atoms with van der Waals surface area (Å²) in [6.07, 6.45) is 2.44. The Bertz CT molecular complexity index is 851. The van der Waals surface area contributed by atoms with Crippen LogP contribution in [-0.4, -0.2) is 38.5 Å². The molecule has 0 atom stereocenters. The van der Waals surface area contributed by atoms with Gasteiger partial charge in [0.05, 0.1) is 32.6 Å². The van der Waals surface area contributed by atoms with Crippen LogP contribution in [-0.2, 0) is 0 Å². The van der Waals surface area contributed by atoms with Crippen molar-refractivity contribution < 1.29 is 23.7 Å². The summed E-state index contributed by atoms with van der Waals surface area (Å²) in [5.41, 5.74) is 3.74. The van der Waals surface area contributed by atoms with Gasteiger partial charge in [-0.2, -0.15) is 5.10 Å². The van der Waals surface area contributed by atoms with Gasteiger partial charge in [0.15, 0.2) is 23.0 Å². The molecule has 2 aromatic rings. The van der Waals surface area contributed by atoms with Crippen LogP contribution in [0.5, 0.6) is 23.0 Å². The van der Waals surface area contributed by atoms with Gasteiger partial charge in [0, 0.05) is 5.56 Å². The van der Waals surface area contributed by atoms with Crippen LogP contribution in [0.15, 0.2) is 41.5 Å². The summed E-state index contributed by atoms with van der Waals surface area (Å²) >= 11 is 0. The molecule has 1 amide bonds. The minimum Gasteiger partial charge on any atom is -0.490 e. The molecular formula is C23H30N2O5. The van der Waals surface area contributed by atoms with Crippen LogP contribution in [0.3, 0.4) is 0 Å². The maximum Gasteiger partial charge on any atom is 0.271 e. The Morgan fingerprint density at radius 3 is 2.10 bits per heavy atom. The molecule has 162 valence electrons. The van der Waals surface area contributed by atoms with Gasteiger partial charge in [-0.25, -0.2) is 5.43 Å². The SMILES string of the molecule is CCCOc1ccc(C(=O)N/N=C/c2ccc(OCC)c(OCC)c2)cc1OCC. The van der Waals surface area contributed by atoms with Gasteiger partial charge >= 0.3 is 0 Å². The normalized spacial score (nSPS) is 10.7. The fourth-order valence-electron chi connectivity index (χ4n) is 2.63. The molecule has 0 radical (unpaired) electrons. The molecule has 0 fully saturated rings. The standard InChI is InChI=1S/C23H30N2O5/c1-5-13-30-20-12-10-18(15-22(20)29-8-4)23(26)25-24-16-17-9-11-19(27-6-2)21(14-17)28-7-3/h9-12,14-16H,5-8,13H2,1-4H3,(H,25,26)/b24-16+. The van der Waals surface area contributed by atoms with Gasteiger partial charge in [-0.15, -0.1) is 0 Å². The van der Waals surface area contributed by atoms with Crippen molar-refractivity contribution in [3.63, 3.8) is 0 Å². The minimum atomic E-state index is -0.342. The van der Waals surface area contributed by atoms with Crippen molar-refractivity contribution in [1.82, 2.24) is 5.43 Å². The van der Waals surface area contributed by atoms with Crippen LogP contribution in [0.2, 0.25) is 0 Å². The molecule has 0 saturated carbocycles. The van der Waals surface area contributed by atoms with E-state index < -0.39 is 0 Å². The van der Waals surface area contributed by atoms with Crippen LogP contribution in [0.4, 0.5) is 0 Å². The number of carbonyl (C=O) groups excluding carboxylic acids is 1. The fraction of sp³-hybridized carbons (Fsp3) is 0.391. The Morgan fingerprint density at radius 1 is 0.833 bits per heavy atom. The molecule has 0 aliphatic carbocycles. The second kappa shape index (κ2) is 12.4. The Balaban J connectivity index is 2.08. The van der Waals surface area contributed by atoms with E-state index in [0.29, 0.717) is 55.0 Å². The highest BCUT2D eigenvalue weighted by Crippen LogP contribution is 2.29. The topological polar surface area (TPSA) is 78.4 Å². The lowest BCUT2D eigenvalue weighted by molar-refractivity contribution is 0.0954. The molecule has 7 nitrogen and oxygen atoms in total. The van der Waals surface area contributed by atoms with Crippen molar-refractivity contribution >= 4 is 12.1 Å². The Hall–Kier alpha value is -3.22. The molecule has 0 aliphatic heterocycles. The lowest BCUT2D eigenvalue weighted by Crippen LogP contribution is -2.17. The maximum atomic E-state index is 12.5. The summed E-state index contributed by atoms with van der Waals surface area (Å²) in [5, 5.41) is 4.05. The predicted molar refractivity (Wildman–Crippen MR) is 117 cm³/mol. The van der Waals surface area contributed by atoms with Gasteiger partial charge in [-0.1, -0.05) is 6.92 Å². The van der Waals surface area contributed by atoms with Crippen LogP contribution in [0.25, 0.3) is 0 Å². The number of rotatable bonds is 12. The van der Waals surface area contributed by atoms with Gasteiger partial charge in [0.2, 0.25) is 0 Å². The molecule has 0 spiro atoms. The van der Waals surface area contributed by atoms with Gasteiger partial charge in [-0.3, -0.25) is 4.79 Å². The van der Waals surface area contributed by atoms with Crippen molar-refractivity contribution in [2.75, 3.05) is 26.4 Å².